The van der Waals surface area contributed by atoms with Crippen molar-refractivity contribution in [2.75, 3.05) is 18.9 Å². The van der Waals surface area contributed by atoms with Crippen molar-refractivity contribution in [1.82, 2.24) is 24.3 Å². The number of benzene rings is 1. The number of nitrogens with one attached hydrogen (secondary N) is 1. The highest BCUT2D eigenvalue weighted by molar-refractivity contribution is 5.80. The van der Waals surface area contributed by atoms with Crippen LogP contribution in [0.2, 0.25) is 0 Å². The van der Waals surface area contributed by atoms with E-state index in [1.165, 1.54) is 17.7 Å². The Balaban J connectivity index is 1.82. The van der Waals surface area contributed by atoms with Crippen LogP contribution in [0.25, 0.3) is 28.3 Å². The molecule has 0 radical (unpaired) electrons. The van der Waals surface area contributed by atoms with E-state index in [1.807, 2.05) is 16.7 Å². The summed E-state index contributed by atoms with van der Waals surface area (Å²) in [4.78, 5) is 16.4. The average Bonchev–Trinajstić information content (AvgIpc) is 3.16. The van der Waals surface area contributed by atoms with Crippen LogP contribution in [0.5, 0.6) is 0 Å². The molecule has 0 spiro atoms. The molecule has 6 nitrogen and oxygen atoms in total. The summed E-state index contributed by atoms with van der Waals surface area (Å²) >= 11 is 0. The summed E-state index contributed by atoms with van der Waals surface area (Å²) in [5.41, 5.74) is 5.31. The van der Waals surface area contributed by atoms with Gasteiger partial charge >= 0.3 is 0 Å². The highest BCUT2D eigenvalue weighted by Crippen LogP contribution is 2.32. The number of rotatable bonds is 7. The van der Waals surface area contributed by atoms with Gasteiger partial charge in [-0.3, -0.25) is 9.30 Å². The molecule has 0 fully saturated rings. The Morgan fingerprint density at radius 3 is 2.47 bits per heavy atom. The van der Waals surface area contributed by atoms with Crippen molar-refractivity contribution < 1.29 is 4.39 Å². The first kappa shape index (κ1) is 23.8. The molecule has 0 bridgehead atoms. The SMILES string of the molecule is CC(C)N(C)Cc1ccn2c(-c3ccnc(NCC(C)(C)C)n3)c(-c3ccc(F)cc3)nc2c1. The molecule has 1 aromatic carbocycles. The lowest BCUT2D eigenvalue weighted by Gasteiger charge is -2.21. The third-order valence-electron chi connectivity index (χ3n) is 5.80. The topological polar surface area (TPSA) is 58.4 Å². The van der Waals surface area contributed by atoms with Crippen molar-refractivity contribution in [3.63, 3.8) is 0 Å². The summed E-state index contributed by atoms with van der Waals surface area (Å²) in [5, 5.41) is 3.34. The van der Waals surface area contributed by atoms with Crippen LogP contribution < -0.4 is 5.32 Å². The van der Waals surface area contributed by atoms with E-state index in [0.29, 0.717) is 12.0 Å². The lowest BCUT2D eigenvalue weighted by molar-refractivity contribution is 0.266. The van der Waals surface area contributed by atoms with E-state index in [4.69, 9.17) is 9.97 Å². The molecule has 3 aromatic heterocycles. The minimum Gasteiger partial charge on any atom is -0.354 e. The Kier molecular flexibility index (Phi) is 6.66. The van der Waals surface area contributed by atoms with Crippen molar-refractivity contribution in [3.8, 4) is 22.6 Å². The van der Waals surface area contributed by atoms with Gasteiger partial charge in [-0.2, -0.15) is 0 Å². The molecule has 0 saturated carbocycles. The van der Waals surface area contributed by atoms with Gasteiger partial charge in [0.25, 0.3) is 0 Å². The molecule has 0 atom stereocenters. The smallest absolute Gasteiger partial charge is 0.223 e. The second kappa shape index (κ2) is 9.50. The van der Waals surface area contributed by atoms with Crippen LogP contribution in [-0.4, -0.2) is 43.9 Å². The molecule has 4 rings (SSSR count). The van der Waals surface area contributed by atoms with E-state index in [-0.39, 0.29) is 11.2 Å². The molecule has 34 heavy (non-hydrogen) atoms. The van der Waals surface area contributed by atoms with Crippen LogP contribution >= 0.6 is 0 Å². The fraction of sp³-hybridized carbons (Fsp3) is 0.370. The van der Waals surface area contributed by atoms with E-state index in [1.54, 1.807) is 18.3 Å². The molecule has 0 saturated heterocycles. The van der Waals surface area contributed by atoms with Gasteiger partial charge in [0, 0.05) is 37.1 Å². The number of anilines is 1. The molecule has 0 unspecified atom stereocenters. The fourth-order valence-corrected chi connectivity index (χ4v) is 3.63. The van der Waals surface area contributed by atoms with Crippen molar-refractivity contribution >= 4 is 11.6 Å². The number of fused-ring (bicyclic) bond motifs is 1. The summed E-state index contributed by atoms with van der Waals surface area (Å²) in [6.07, 6.45) is 3.80. The molecule has 178 valence electrons. The third-order valence-corrected chi connectivity index (χ3v) is 5.80. The number of nitrogens with zero attached hydrogens (tertiary/aromatic N) is 5. The summed E-state index contributed by atoms with van der Waals surface area (Å²) in [6.45, 7) is 12.4. The predicted molar refractivity (Wildman–Crippen MR) is 136 cm³/mol. The zero-order valence-electron chi connectivity index (χ0n) is 20.8. The number of aromatic nitrogens is 4. The Morgan fingerprint density at radius 2 is 1.79 bits per heavy atom. The zero-order chi connectivity index (χ0) is 24.5. The highest BCUT2D eigenvalue weighted by Gasteiger charge is 2.19. The Labute approximate surface area is 200 Å². The van der Waals surface area contributed by atoms with Gasteiger partial charge in [0.15, 0.2) is 0 Å². The minimum atomic E-state index is -0.274. The second-order valence-corrected chi connectivity index (χ2v) is 10.3. The van der Waals surface area contributed by atoms with Gasteiger partial charge in [0.1, 0.15) is 11.5 Å². The lowest BCUT2D eigenvalue weighted by atomic mass is 9.97. The largest absolute Gasteiger partial charge is 0.354 e. The first-order valence-electron chi connectivity index (χ1n) is 11.7. The van der Waals surface area contributed by atoms with E-state index in [2.05, 4.69) is 69.0 Å². The first-order valence-corrected chi connectivity index (χ1v) is 11.7. The minimum absolute atomic E-state index is 0.0987. The quantitative estimate of drug-likeness (QED) is 0.372. The third kappa shape index (κ3) is 5.42. The molecular weight excluding hydrogens is 427 g/mol. The van der Waals surface area contributed by atoms with Crippen LogP contribution in [0.1, 0.15) is 40.2 Å². The van der Waals surface area contributed by atoms with Crippen molar-refractivity contribution in [2.45, 2.75) is 47.2 Å². The number of imidazole rings is 1. The maximum atomic E-state index is 13.6. The summed E-state index contributed by atoms with van der Waals surface area (Å²) < 4.78 is 15.7. The van der Waals surface area contributed by atoms with Crippen LogP contribution in [0.15, 0.2) is 54.9 Å². The van der Waals surface area contributed by atoms with Gasteiger partial charge in [-0.05, 0) is 74.3 Å². The fourth-order valence-electron chi connectivity index (χ4n) is 3.63. The van der Waals surface area contributed by atoms with Crippen molar-refractivity contribution in [2.24, 2.45) is 5.41 Å². The molecular formula is C27H33FN6. The molecule has 0 aliphatic heterocycles. The molecule has 4 aromatic rings. The van der Waals surface area contributed by atoms with Crippen molar-refractivity contribution in [1.29, 1.82) is 0 Å². The lowest BCUT2D eigenvalue weighted by Crippen LogP contribution is -2.25. The van der Waals surface area contributed by atoms with Gasteiger partial charge in [0.2, 0.25) is 5.95 Å². The zero-order valence-corrected chi connectivity index (χ0v) is 20.8. The van der Waals surface area contributed by atoms with Gasteiger partial charge < -0.3 is 5.32 Å². The Morgan fingerprint density at radius 1 is 1.06 bits per heavy atom. The molecule has 0 aliphatic rings. The van der Waals surface area contributed by atoms with Gasteiger partial charge in [0.05, 0.1) is 17.1 Å². The molecule has 3 heterocycles. The maximum Gasteiger partial charge on any atom is 0.223 e. The van der Waals surface area contributed by atoms with Crippen molar-refractivity contribution in [3.05, 3.63) is 66.2 Å². The van der Waals surface area contributed by atoms with Crippen LogP contribution in [0, 0.1) is 11.2 Å². The van der Waals surface area contributed by atoms with Gasteiger partial charge in [-0.1, -0.05) is 20.8 Å². The van der Waals surface area contributed by atoms with E-state index < -0.39 is 0 Å². The normalized spacial score (nSPS) is 12.1. The van der Waals surface area contributed by atoms with Gasteiger partial charge in [-0.15, -0.1) is 0 Å². The summed E-state index contributed by atoms with van der Waals surface area (Å²) in [6, 6.07) is 13.0. The molecule has 0 amide bonds. The van der Waals surface area contributed by atoms with Gasteiger partial charge in [-0.25, -0.2) is 19.3 Å². The van der Waals surface area contributed by atoms with E-state index in [0.717, 1.165) is 41.4 Å². The standard InChI is InChI=1S/C27H33FN6/c1-18(2)33(6)16-19-12-14-34-23(15-19)32-24(20-7-9-21(28)10-8-20)25(34)22-11-13-29-26(31-22)30-17-27(3,4)5/h7-15,18H,16-17H2,1-6H3,(H,29,30,31). The average molecular weight is 461 g/mol. The van der Waals surface area contributed by atoms with Crippen LogP contribution in [-0.2, 0) is 6.54 Å². The Bertz CT molecular complexity index is 1270. The number of halogens is 1. The summed E-state index contributed by atoms with van der Waals surface area (Å²) in [5.74, 6) is 0.298. The van der Waals surface area contributed by atoms with E-state index in [9.17, 15) is 4.39 Å². The monoisotopic (exact) mass is 460 g/mol. The first-order chi connectivity index (χ1) is 16.1. The molecule has 1 N–H and O–H groups in total. The predicted octanol–water partition coefficient (Wildman–Crippen LogP) is 5.90. The number of hydrogen-bond acceptors (Lipinski definition) is 5. The molecule has 7 heteroatoms. The van der Waals surface area contributed by atoms with Crippen LogP contribution in [0.4, 0.5) is 10.3 Å². The second-order valence-electron chi connectivity index (χ2n) is 10.3. The molecule has 0 aliphatic carbocycles. The van der Waals surface area contributed by atoms with Crippen LogP contribution in [0.3, 0.4) is 0 Å². The maximum absolute atomic E-state index is 13.6. The number of hydrogen-bond donors (Lipinski definition) is 1. The number of pyridine rings is 1. The Hall–Kier alpha value is -3.32. The highest BCUT2D eigenvalue weighted by atomic mass is 19.1. The summed E-state index contributed by atoms with van der Waals surface area (Å²) in [7, 11) is 2.11. The van der Waals surface area contributed by atoms with E-state index >= 15 is 0 Å².